The zero-order valence-corrected chi connectivity index (χ0v) is 10.7. The van der Waals surface area contributed by atoms with Crippen molar-refractivity contribution in [1.29, 1.82) is 0 Å². The molecule has 0 aliphatic heterocycles. The number of hydrogen-bond acceptors (Lipinski definition) is 5. The summed E-state index contributed by atoms with van der Waals surface area (Å²) in [6.07, 6.45) is 3.39. The van der Waals surface area contributed by atoms with Crippen molar-refractivity contribution < 1.29 is 9.84 Å². The van der Waals surface area contributed by atoms with Crippen LogP contribution in [0.1, 0.15) is 25.1 Å². The Kier molecular flexibility index (Phi) is 3.29. The van der Waals surface area contributed by atoms with Gasteiger partial charge in [0.25, 0.3) is 0 Å². The van der Waals surface area contributed by atoms with Crippen LogP contribution in [0.15, 0.2) is 24.5 Å². The van der Waals surface area contributed by atoms with Gasteiger partial charge in [-0.2, -0.15) is 0 Å². The van der Waals surface area contributed by atoms with Crippen LogP contribution in [-0.2, 0) is 12.1 Å². The lowest BCUT2D eigenvalue weighted by atomic mass is 10.1. The topological polar surface area (TPSA) is 73.1 Å². The van der Waals surface area contributed by atoms with Crippen LogP contribution in [0.2, 0.25) is 0 Å². The van der Waals surface area contributed by atoms with Crippen LogP contribution in [0.3, 0.4) is 0 Å². The molecule has 2 rings (SSSR count). The molecule has 0 bridgehead atoms. The molecule has 0 spiro atoms. The van der Waals surface area contributed by atoms with Crippen LogP contribution in [0.25, 0.3) is 0 Å². The molecule has 0 aromatic carbocycles. The molecule has 0 saturated carbocycles. The van der Waals surface area contributed by atoms with Crippen molar-refractivity contribution in [2.24, 2.45) is 0 Å². The van der Waals surface area contributed by atoms with Gasteiger partial charge in [0.05, 0.1) is 19.9 Å². The summed E-state index contributed by atoms with van der Waals surface area (Å²) in [6.45, 7) is 3.85. The maximum Gasteiger partial charge on any atom is 0.218 e. The van der Waals surface area contributed by atoms with Gasteiger partial charge in [0.1, 0.15) is 11.3 Å². The van der Waals surface area contributed by atoms with Crippen molar-refractivity contribution >= 4 is 0 Å². The van der Waals surface area contributed by atoms with Gasteiger partial charge < -0.3 is 9.84 Å². The van der Waals surface area contributed by atoms with Crippen molar-refractivity contribution in [3.63, 3.8) is 0 Å². The number of aromatic nitrogens is 4. The lowest BCUT2D eigenvalue weighted by Gasteiger charge is -2.11. The van der Waals surface area contributed by atoms with E-state index in [2.05, 4.69) is 15.3 Å². The minimum atomic E-state index is -0.989. The first kappa shape index (κ1) is 12.5. The minimum absolute atomic E-state index is 0.500. The van der Waals surface area contributed by atoms with Crippen LogP contribution >= 0.6 is 0 Å². The number of aliphatic hydroxyl groups is 1. The van der Waals surface area contributed by atoms with Gasteiger partial charge in [-0.3, -0.25) is 0 Å². The van der Waals surface area contributed by atoms with E-state index >= 15 is 0 Å². The predicted octanol–water partition coefficient (Wildman–Crippen LogP) is 0.957. The summed E-state index contributed by atoms with van der Waals surface area (Å²) in [5.41, 5.74) is 0.453. The summed E-state index contributed by atoms with van der Waals surface area (Å²) >= 11 is 0. The molecule has 2 heterocycles. The third kappa shape index (κ3) is 2.65. The molecule has 2 aromatic heterocycles. The molecule has 6 nitrogen and oxygen atoms in total. The van der Waals surface area contributed by atoms with Crippen LogP contribution in [0.4, 0.5) is 0 Å². The second-order valence-electron chi connectivity index (χ2n) is 4.53. The number of ether oxygens (including phenoxy) is 1. The Morgan fingerprint density at radius 1 is 1.44 bits per heavy atom. The summed E-state index contributed by atoms with van der Waals surface area (Å²) in [7, 11) is 1.58. The lowest BCUT2D eigenvalue weighted by Crippen LogP contribution is -2.15. The maximum absolute atomic E-state index is 9.82. The SMILES string of the molecule is COc1ncccc1Cn1cc(C(C)(C)O)nn1. The number of nitrogens with zero attached hydrogens (tertiary/aromatic N) is 4. The first-order valence-corrected chi connectivity index (χ1v) is 5.61. The van der Waals surface area contributed by atoms with Crippen LogP contribution in [0.5, 0.6) is 5.88 Å². The first-order chi connectivity index (χ1) is 8.50. The van der Waals surface area contributed by atoms with Crippen molar-refractivity contribution in [2.75, 3.05) is 7.11 Å². The quantitative estimate of drug-likeness (QED) is 0.872. The zero-order chi connectivity index (χ0) is 13.2. The molecule has 0 atom stereocenters. The van der Waals surface area contributed by atoms with Gasteiger partial charge in [-0.25, -0.2) is 9.67 Å². The van der Waals surface area contributed by atoms with E-state index < -0.39 is 5.60 Å². The van der Waals surface area contributed by atoms with E-state index in [9.17, 15) is 5.11 Å². The van der Waals surface area contributed by atoms with E-state index in [0.29, 0.717) is 18.1 Å². The Balaban J connectivity index is 2.22. The van der Waals surface area contributed by atoms with Crippen molar-refractivity contribution in [3.8, 4) is 5.88 Å². The molecule has 6 heteroatoms. The van der Waals surface area contributed by atoms with Gasteiger partial charge in [0.15, 0.2) is 0 Å². The van der Waals surface area contributed by atoms with Gasteiger partial charge >= 0.3 is 0 Å². The smallest absolute Gasteiger partial charge is 0.218 e. The summed E-state index contributed by atoms with van der Waals surface area (Å²) in [6, 6.07) is 3.75. The number of methoxy groups -OCH3 is 1. The van der Waals surface area contributed by atoms with E-state index in [4.69, 9.17) is 4.74 Å². The Morgan fingerprint density at radius 2 is 2.22 bits per heavy atom. The molecule has 2 aromatic rings. The number of hydrogen-bond donors (Lipinski definition) is 1. The Labute approximate surface area is 105 Å². The van der Waals surface area contributed by atoms with Crippen molar-refractivity contribution in [2.45, 2.75) is 26.0 Å². The van der Waals surface area contributed by atoms with E-state index in [1.54, 1.807) is 38.0 Å². The highest BCUT2D eigenvalue weighted by Crippen LogP contribution is 2.18. The van der Waals surface area contributed by atoms with E-state index in [-0.39, 0.29) is 0 Å². The maximum atomic E-state index is 9.82. The second kappa shape index (κ2) is 4.73. The van der Waals surface area contributed by atoms with Crippen molar-refractivity contribution in [1.82, 2.24) is 20.0 Å². The fourth-order valence-electron chi connectivity index (χ4n) is 1.56. The third-order valence-corrected chi connectivity index (χ3v) is 2.54. The predicted molar refractivity (Wildman–Crippen MR) is 65.2 cm³/mol. The minimum Gasteiger partial charge on any atom is -0.481 e. The largest absolute Gasteiger partial charge is 0.481 e. The molecule has 0 saturated heterocycles. The Hall–Kier alpha value is -1.95. The Morgan fingerprint density at radius 3 is 2.83 bits per heavy atom. The standard InChI is InChI=1S/C12H16N4O2/c1-12(2,17)10-8-16(15-14-10)7-9-5-4-6-13-11(9)18-3/h4-6,8,17H,7H2,1-3H3. The molecule has 0 aliphatic carbocycles. The lowest BCUT2D eigenvalue weighted by molar-refractivity contribution is 0.0737. The van der Waals surface area contributed by atoms with Crippen molar-refractivity contribution in [3.05, 3.63) is 35.8 Å². The van der Waals surface area contributed by atoms with Crippen LogP contribution in [-0.4, -0.2) is 32.2 Å². The molecule has 0 aliphatic rings. The van der Waals surface area contributed by atoms with Gasteiger partial charge in [0.2, 0.25) is 5.88 Å². The van der Waals surface area contributed by atoms with Crippen LogP contribution in [0, 0.1) is 0 Å². The molecular weight excluding hydrogens is 232 g/mol. The van der Waals surface area contributed by atoms with E-state index in [1.165, 1.54) is 0 Å². The highest BCUT2D eigenvalue weighted by Gasteiger charge is 2.20. The summed E-state index contributed by atoms with van der Waals surface area (Å²) in [5.74, 6) is 0.567. The number of rotatable bonds is 4. The highest BCUT2D eigenvalue weighted by molar-refractivity contribution is 5.25. The van der Waals surface area contributed by atoms with Gasteiger partial charge in [-0.1, -0.05) is 11.3 Å². The van der Waals surface area contributed by atoms with Crippen LogP contribution < -0.4 is 4.74 Å². The fourth-order valence-corrected chi connectivity index (χ4v) is 1.56. The monoisotopic (exact) mass is 248 g/mol. The molecule has 0 unspecified atom stereocenters. The first-order valence-electron chi connectivity index (χ1n) is 5.61. The summed E-state index contributed by atoms with van der Waals surface area (Å²) in [4.78, 5) is 4.12. The average Bonchev–Trinajstić information content (AvgIpc) is 2.78. The summed E-state index contributed by atoms with van der Waals surface area (Å²) < 4.78 is 6.82. The van der Waals surface area contributed by atoms with Gasteiger partial charge in [-0.05, 0) is 19.9 Å². The zero-order valence-electron chi connectivity index (χ0n) is 10.7. The molecule has 0 radical (unpaired) electrons. The molecular formula is C12H16N4O2. The second-order valence-corrected chi connectivity index (χ2v) is 4.53. The van der Waals surface area contributed by atoms with Gasteiger partial charge in [-0.15, -0.1) is 5.10 Å². The average molecular weight is 248 g/mol. The number of pyridine rings is 1. The van der Waals surface area contributed by atoms with E-state index in [0.717, 1.165) is 5.56 Å². The third-order valence-electron chi connectivity index (χ3n) is 2.54. The molecule has 1 N–H and O–H groups in total. The van der Waals surface area contributed by atoms with E-state index in [1.807, 2.05) is 12.1 Å². The molecule has 96 valence electrons. The summed E-state index contributed by atoms with van der Waals surface area (Å²) in [5, 5.41) is 17.7. The molecule has 0 fully saturated rings. The highest BCUT2D eigenvalue weighted by atomic mass is 16.5. The molecule has 0 amide bonds. The Bertz CT molecular complexity index is 531. The van der Waals surface area contributed by atoms with Gasteiger partial charge in [0, 0.05) is 11.8 Å². The molecule has 18 heavy (non-hydrogen) atoms. The fraction of sp³-hybridized carbons (Fsp3) is 0.417. The normalized spacial score (nSPS) is 11.6.